The van der Waals surface area contributed by atoms with Crippen LogP contribution in [-0.4, -0.2) is 24.1 Å². The van der Waals surface area contributed by atoms with Crippen LogP contribution in [0.3, 0.4) is 0 Å². The minimum absolute atomic E-state index is 0.109. The topological polar surface area (TPSA) is 144 Å². The lowest BCUT2D eigenvalue weighted by molar-refractivity contribution is -0.137. The number of aromatic nitrogens is 5. The molecule has 0 spiro atoms. The standard InChI is InChI=1S/C80H44F3N9/c81-80(82,83)69-12-7-13-75(92-72-37-32-61(55-26-18-51(47-86)19-27-55)42-66(72)67-43-62(33-38-73(67)92)56-28-20-52(48-87)21-29-56)76(69)68-44-63(79-89-77(57-8-3-1-4-9-57)88-78(90-79)58-10-5-2-6-11-58)34-39-74(68)91-70-35-30-59(53-22-14-49(45-84)15-23-53)40-64(70)65-41-60(31-36-71(65)91)54-24-16-50(46-85)17-25-54/h1-44H. The van der Waals surface area contributed by atoms with Gasteiger partial charge in [0, 0.05) is 49.4 Å². The van der Waals surface area contributed by atoms with E-state index in [1.54, 1.807) is 60.7 Å². The molecule has 3 heterocycles. The number of halogens is 3. The van der Waals surface area contributed by atoms with Crippen LogP contribution in [0.2, 0.25) is 0 Å². The van der Waals surface area contributed by atoms with Crippen molar-refractivity contribution < 1.29 is 13.2 Å². The minimum Gasteiger partial charge on any atom is -0.309 e. The first-order valence-corrected chi connectivity index (χ1v) is 29.4. The number of benzene rings is 12. The molecule has 0 aliphatic rings. The molecule has 0 aliphatic carbocycles. The molecule has 0 aliphatic heterocycles. The molecule has 0 saturated carbocycles. The van der Waals surface area contributed by atoms with Crippen LogP contribution in [-0.2, 0) is 6.18 Å². The molecule has 15 rings (SSSR count). The minimum atomic E-state index is -4.91. The smallest absolute Gasteiger partial charge is 0.309 e. The quantitative estimate of drug-likeness (QED) is 0.133. The summed E-state index contributed by atoms with van der Waals surface area (Å²) in [6, 6.07) is 90.9. The summed E-state index contributed by atoms with van der Waals surface area (Å²) in [5.74, 6) is 0.988. The second-order valence-electron chi connectivity index (χ2n) is 22.3. The van der Waals surface area contributed by atoms with E-state index in [4.69, 9.17) is 15.0 Å². The Bertz CT molecular complexity index is 5340. The van der Waals surface area contributed by atoms with Crippen molar-refractivity contribution in [1.29, 1.82) is 21.0 Å². The molecular formula is C80H44F3N9. The van der Waals surface area contributed by atoms with Crippen LogP contribution in [0.25, 0.3) is 145 Å². The van der Waals surface area contributed by atoms with Crippen molar-refractivity contribution in [3.8, 4) is 125 Å². The fourth-order valence-electron chi connectivity index (χ4n) is 12.5. The van der Waals surface area contributed by atoms with Gasteiger partial charge in [-0.15, -0.1) is 0 Å². The van der Waals surface area contributed by atoms with E-state index in [2.05, 4.69) is 36.4 Å². The van der Waals surface area contributed by atoms with Gasteiger partial charge in [0.05, 0.1) is 85.5 Å². The summed E-state index contributed by atoms with van der Waals surface area (Å²) < 4.78 is 54.5. The van der Waals surface area contributed by atoms with Crippen molar-refractivity contribution in [3.63, 3.8) is 0 Å². The molecule has 15 aromatic rings. The van der Waals surface area contributed by atoms with E-state index in [0.717, 1.165) is 83.2 Å². The number of nitrogens with zero attached hydrogens (tertiary/aromatic N) is 9. The van der Waals surface area contributed by atoms with Gasteiger partial charge in [-0.3, -0.25) is 0 Å². The molecule has 0 radical (unpaired) electrons. The zero-order valence-corrected chi connectivity index (χ0v) is 48.6. The van der Waals surface area contributed by atoms with E-state index in [1.807, 2.05) is 191 Å². The maximum absolute atomic E-state index is 16.8. The number of hydrogen-bond donors (Lipinski definition) is 0. The van der Waals surface area contributed by atoms with E-state index in [0.29, 0.717) is 67.2 Å². The third-order valence-electron chi connectivity index (χ3n) is 17.0. The van der Waals surface area contributed by atoms with Crippen LogP contribution in [0, 0.1) is 45.3 Å². The van der Waals surface area contributed by atoms with Crippen molar-refractivity contribution in [2.45, 2.75) is 6.18 Å². The van der Waals surface area contributed by atoms with Crippen LogP contribution < -0.4 is 0 Å². The fourth-order valence-corrected chi connectivity index (χ4v) is 12.5. The number of hydrogen-bond acceptors (Lipinski definition) is 7. The zero-order valence-electron chi connectivity index (χ0n) is 48.6. The van der Waals surface area contributed by atoms with Crippen molar-refractivity contribution in [2.24, 2.45) is 0 Å². The average Bonchev–Trinajstić information content (AvgIpc) is 1.52. The SMILES string of the molecule is N#Cc1ccc(-c2ccc3c(c2)c2cc(-c4ccc(C#N)cc4)ccc2n3-c2ccc(-c3nc(-c4ccccc4)nc(-c4ccccc4)n3)cc2-c2c(-n3c4ccc(-c5ccc(C#N)cc5)cc4c4cc(-c5ccc(C#N)cc5)ccc43)cccc2C(F)(F)F)cc1. The lowest BCUT2D eigenvalue weighted by atomic mass is 9.93. The van der Waals surface area contributed by atoms with Crippen molar-refractivity contribution in [2.75, 3.05) is 0 Å². The van der Waals surface area contributed by atoms with Gasteiger partial charge < -0.3 is 9.13 Å². The summed E-state index contributed by atoms with van der Waals surface area (Å²) in [4.78, 5) is 15.2. The summed E-state index contributed by atoms with van der Waals surface area (Å²) >= 11 is 0. The fraction of sp³-hybridized carbons (Fsp3) is 0.0125. The lowest BCUT2D eigenvalue weighted by Gasteiger charge is -2.23. The Labute approximate surface area is 525 Å². The highest BCUT2D eigenvalue weighted by Gasteiger charge is 2.37. The first-order valence-electron chi connectivity index (χ1n) is 29.4. The molecule has 0 unspecified atom stereocenters. The molecule has 0 saturated heterocycles. The molecule has 12 heteroatoms. The Balaban J connectivity index is 1.05. The van der Waals surface area contributed by atoms with Gasteiger partial charge >= 0.3 is 6.18 Å². The van der Waals surface area contributed by atoms with E-state index in [-0.39, 0.29) is 22.6 Å². The highest BCUT2D eigenvalue weighted by molar-refractivity contribution is 6.14. The number of fused-ring (bicyclic) bond motifs is 6. The van der Waals surface area contributed by atoms with Crippen LogP contribution in [0.1, 0.15) is 27.8 Å². The normalized spacial score (nSPS) is 11.4. The van der Waals surface area contributed by atoms with Gasteiger partial charge in [0.1, 0.15) is 0 Å². The summed E-state index contributed by atoms with van der Waals surface area (Å²) in [7, 11) is 0. The van der Waals surface area contributed by atoms with Crippen molar-refractivity contribution in [3.05, 3.63) is 295 Å². The second-order valence-corrected chi connectivity index (χ2v) is 22.3. The van der Waals surface area contributed by atoms with Crippen LogP contribution in [0.4, 0.5) is 13.2 Å². The monoisotopic (exact) mass is 1190 g/mol. The van der Waals surface area contributed by atoms with Crippen LogP contribution in [0.15, 0.2) is 267 Å². The third kappa shape index (κ3) is 9.90. The van der Waals surface area contributed by atoms with Crippen LogP contribution >= 0.6 is 0 Å². The third-order valence-corrected chi connectivity index (χ3v) is 17.0. The molecular weight excluding hydrogens is 1140 g/mol. The first kappa shape index (κ1) is 55.6. The van der Waals surface area contributed by atoms with Crippen LogP contribution in [0.5, 0.6) is 0 Å². The predicted molar refractivity (Wildman–Crippen MR) is 356 cm³/mol. The Hall–Kier alpha value is -13.0. The lowest BCUT2D eigenvalue weighted by Crippen LogP contribution is -2.11. The van der Waals surface area contributed by atoms with Gasteiger partial charge in [0.15, 0.2) is 17.5 Å². The summed E-state index contributed by atoms with van der Waals surface area (Å²) in [5.41, 5.74) is 13.3. The molecule has 12 aromatic carbocycles. The van der Waals surface area contributed by atoms with Gasteiger partial charge in [-0.25, -0.2) is 15.0 Å². The number of rotatable bonds is 10. The van der Waals surface area contributed by atoms with Crippen molar-refractivity contribution in [1.82, 2.24) is 24.1 Å². The molecule has 3 aromatic heterocycles. The first-order chi connectivity index (χ1) is 45.0. The molecule has 0 amide bonds. The molecule has 9 nitrogen and oxygen atoms in total. The summed E-state index contributed by atoms with van der Waals surface area (Å²) in [6.07, 6.45) is -4.91. The summed E-state index contributed by atoms with van der Waals surface area (Å²) in [5, 5.41) is 42.0. The molecule has 430 valence electrons. The molecule has 92 heavy (non-hydrogen) atoms. The largest absolute Gasteiger partial charge is 0.417 e. The maximum Gasteiger partial charge on any atom is 0.417 e. The Kier molecular flexibility index (Phi) is 13.7. The van der Waals surface area contributed by atoms with Gasteiger partial charge in [0.25, 0.3) is 0 Å². The average molecular weight is 1190 g/mol. The Morgan fingerprint density at radius 1 is 0.283 bits per heavy atom. The van der Waals surface area contributed by atoms with E-state index >= 15 is 13.2 Å². The molecule has 0 fully saturated rings. The number of nitriles is 4. The molecule has 0 atom stereocenters. The van der Waals surface area contributed by atoms with Gasteiger partial charge in [-0.2, -0.15) is 34.2 Å². The predicted octanol–water partition coefficient (Wildman–Crippen LogP) is 19.9. The maximum atomic E-state index is 16.8. The van der Waals surface area contributed by atoms with Crippen molar-refractivity contribution >= 4 is 43.6 Å². The van der Waals surface area contributed by atoms with E-state index < -0.39 is 11.7 Å². The zero-order chi connectivity index (χ0) is 62.6. The van der Waals surface area contributed by atoms with Gasteiger partial charge in [-0.1, -0.05) is 140 Å². The highest BCUT2D eigenvalue weighted by atomic mass is 19.4. The van der Waals surface area contributed by atoms with Gasteiger partial charge in [-0.05, 0) is 172 Å². The molecule has 0 N–H and O–H groups in total. The Morgan fingerprint density at radius 2 is 0.598 bits per heavy atom. The van der Waals surface area contributed by atoms with Gasteiger partial charge in [0.2, 0.25) is 0 Å². The van der Waals surface area contributed by atoms with E-state index in [1.165, 1.54) is 6.07 Å². The number of alkyl halides is 3. The summed E-state index contributed by atoms with van der Waals surface area (Å²) in [6.45, 7) is 0. The van der Waals surface area contributed by atoms with E-state index in [9.17, 15) is 21.0 Å². The molecule has 0 bridgehead atoms. The highest BCUT2D eigenvalue weighted by Crippen LogP contribution is 2.49. The Morgan fingerprint density at radius 3 is 0.935 bits per heavy atom. The second kappa shape index (κ2) is 22.6.